The first-order valence-corrected chi connectivity index (χ1v) is 6.50. The highest BCUT2D eigenvalue weighted by molar-refractivity contribution is 9.10. The summed E-state index contributed by atoms with van der Waals surface area (Å²) >= 11 is 3.43. The molecule has 0 fully saturated rings. The third kappa shape index (κ3) is 2.61. The molecule has 0 unspecified atom stereocenters. The summed E-state index contributed by atoms with van der Waals surface area (Å²) in [6.45, 7) is 4.14. The average Bonchev–Trinajstić information content (AvgIpc) is 2.79. The summed E-state index contributed by atoms with van der Waals surface area (Å²) < 4.78 is 2.75. The molecule has 0 spiro atoms. The van der Waals surface area contributed by atoms with Crippen molar-refractivity contribution in [2.75, 3.05) is 11.4 Å². The van der Waals surface area contributed by atoms with Crippen molar-refractivity contribution in [3.63, 3.8) is 0 Å². The number of aromatic nitrogens is 2. The maximum Gasteiger partial charge on any atom is 0.223 e. The van der Waals surface area contributed by atoms with Gasteiger partial charge in [0, 0.05) is 17.9 Å². The lowest BCUT2D eigenvalue weighted by Crippen LogP contribution is -2.27. The second-order valence-corrected chi connectivity index (χ2v) is 4.80. The quantitative estimate of drug-likeness (QED) is 0.874. The molecule has 1 aromatic carbocycles. The molecule has 0 aliphatic rings. The topological polar surface area (TPSA) is 38.1 Å². The molecule has 0 N–H and O–H groups in total. The average molecular weight is 308 g/mol. The minimum atomic E-state index is 0.0197. The van der Waals surface area contributed by atoms with Gasteiger partial charge in [0.05, 0.1) is 23.8 Å². The van der Waals surface area contributed by atoms with E-state index < -0.39 is 0 Å². The Bertz CT molecular complexity index is 565. The molecular formula is C13H14BrN3O. The summed E-state index contributed by atoms with van der Waals surface area (Å²) in [7, 11) is 0. The molecule has 4 nitrogen and oxygen atoms in total. The number of anilines is 1. The van der Waals surface area contributed by atoms with Gasteiger partial charge in [-0.2, -0.15) is 5.10 Å². The number of carbonyl (C=O) groups excluding carboxylic acids is 1. The van der Waals surface area contributed by atoms with Gasteiger partial charge < -0.3 is 4.90 Å². The van der Waals surface area contributed by atoms with Crippen LogP contribution in [0, 0.1) is 0 Å². The molecule has 1 heterocycles. The molecule has 0 radical (unpaired) electrons. The van der Waals surface area contributed by atoms with E-state index in [1.54, 1.807) is 22.7 Å². The van der Waals surface area contributed by atoms with Gasteiger partial charge in [-0.3, -0.25) is 4.79 Å². The van der Waals surface area contributed by atoms with Gasteiger partial charge in [-0.05, 0) is 25.1 Å². The van der Waals surface area contributed by atoms with Crippen LogP contribution in [0.5, 0.6) is 0 Å². The third-order valence-electron chi connectivity index (χ3n) is 2.65. The van der Waals surface area contributed by atoms with Crippen LogP contribution < -0.4 is 4.90 Å². The van der Waals surface area contributed by atoms with E-state index in [2.05, 4.69) is 21.0 Å². The summed E-state index contributed by atoms with van der Waals surface area (Å²) in [5.41, 5.74) is 1.76. The molecular weight excluding hydrogens is 294 g/mol. The number of hydrogen-bond acceptors (Lipinski definition) is 2. The Labute approximate surface area is 114 Å². The normalized spacial score (nSPS) is 10.4. The van der Waals surface area contributed by atoms with Gasteiger partial charge in [0.1, 0.15) is 0 Å². The van der Waals surface area contributed by atoms with E-state index in [9.17, 15) is 4.79 Å². The van der Waals surface area contributed by atoms with Crippen molar-refractivity contribution in [3.8, 4) is 5.69 Å². The van der Waals surface area contributed by atoms with Gasteiger partial charge in [0.15, 0.2) is 0 Å². The predicted octanol–water partition coefficient (Wildman–Crippen LogP) is 3.01. The zero-order chi connectivity index (χ0) is 13.1. The lowest BCUT2D eigenvalue weighted by molar-refractivity contribution is -0.116. The summed E-state index contributed by atoms with van der Waals surface area (Å²) in [6, 6.07) is 7.84. The number of benzene rings is 1. The molecule has 1 aromatic heterocycles. The molecule has 2 aromatic rings. The first-order chi connectivity index (χ1) is 8.61. The molecule has 18 heavy (non-hydrogen) atoms. The first-order valence-electron chi connectivity index (χ1n) is 5.70. The number of hydrogen-bond donors (Lipinski definition) is 0. The Morgan fingerprint density at radius 2 is 2.28 bits per heavy atom. The molecule has 0 atom stereocenters. The zero-order valence-corrected chi connectivity index (χ0v) is 11.9. The second-order valence-electron chi connectivity index (χ2n) is 3.89. The molecule has 2 rings (SSSR count). The molecule has 1 amide bonds. The largest absolute Gasteiger partial charge is 0.310 e. The smallest absolute Gasteiger partial charge is 0.223 e. The van der Waals surface area contributed by atoms with E-state index in [0.29, 0.717) is 6.54 Å². The van der Waals surface area contributed by atoms with Gasteiger partial charge in [0.2, 0.25) is 5.91 Å². The van der Waals surface area contributed by atoms with E-state index in [1.807, 2.05) is 37.4 Å². The highest BCUT2D eigenvalue weighted by atomic mass is 79.9. The van der Waals surface area contributed by atoms with Crippen LogP contribution in [0.2, 0.25) is 0 Å². The number of halogens is 1. The Balaban J connectivity index is 2.33. The number of nitrogens with zero attached hydrogens (tertiary/aromatic N) is 3. The van der Waals surface area contributed by atoms with Crippen LogP contribution in [0.1, 0.15) is 13.8 Å². The van der Waals surface area contributed by atoms with Crippen molar-refractivity contribution >= 4 is 27.5 Å². The van der Waals surface area contributed by atoms with Crippen molar-refractivity contribution in [2.45, 2.75) is 13.8 Å². The Hall–Kier alpha value is -1.62. The fraction of sp³-hybridized carbons (Fsp3) is 0.231. The molecule has 0 saturated heterocycles. The van der Waals surface area contributed by atoms with Crippen molar-refractivity contribution < 1.29 is 4.79 Å². The Morgan fingerprint density at radius 3 is 2.89 bits per heavy atom. The van der Waals surface area contributed by atoms with Crippen LogP contribution in [0.15, 0.2) is 41.1 Å². The lowest BCUT2D eigenvalue weighted by atomic mass is 10.3. The molecule has 0 aliphatic heterocycles. The van der Waals surface area contributed by atoms with E-state index in [0.717, 1.165) is 15.8 Å². The maximum absolute atomic E-state index is 11.5. The summed E-state index contributed by atoms with van der Waals surface area (Å²) in [4.78, 5) is 13.1. The van der Waals surface area contributed by atoms with Gasteiger partial charge in [0.25, 0.3) is 0 Å². The molecule has 0 aliphatic carbocycles. The molecule has 0 saturated carbocycles. The van der Waals surface area contributed by atoms with Crippen LogP contribution in [0.4, 0.5) is 5.69 Å². The summed E-state index contributed by atoms with van der Waals surface area (Å²) in [6.07, 6.45) is 3.55. The minimum Gasteiger partial charge on any atom is -0.310 e. The van der Waals surface area contributed by atoms with E-state index >= 15 is 0 Å². The van der Waals surface area contributed by atoms with E-state index in [-0.39, 0.29) is 5.91 Å². The standard InChI is InChI=1S/C13H14BrN3O/c1-3-16(10(2)18)13-8-15-17(9-13)12-6-4-5-11(14)7-12/h4-9H,3H2,1-2H3. The van der Waals surface area contributed by atoms with Crippen molar-refractivity contribution in [1.82, 2.24) is 9.78 Å². The van der Waals surface area contributed by atoms with Crippen molar-refractivity contribution in [3.05, 3.63) is 41.1 Å². The first kappa shape index (κ1) is 12.8. The third-order valence-corrected chi connectivity index (χ3v) is 3.14. The predicted molar refractivity (Wildman–Crippen MR) is 75.0 cm³/mol. The Morgan fingerprint density at radius 1 is 1.50 bits per heavy atom. The number of carbonyl (C=O) groups is 1. The van der Waals surface area contributed by atoms with Gasteiger partial charge >= 0.3 is 0 Å². The fourth-order valence-corrected chi connectivity index (χ4v) is 2.19. The molecule has 5 heteroatoms. The maximum atomic E-state index is 11.5. The highest BCUT2D eigenvalue weighted by Crippen LogP contribution is 2.18. The monoisotopic (exact) mass is 307 g/mol. The van der Waals surface area contributed by atoms with Crippen LogP contribution in [-0.4, -0.2) is 22.2 Å². The highest BCUT2D eigenvalue weighted by Gasteiger charge is 2.11. The fourth-order valence-electron chi connectivity index (χ4n) is 1.80. The minimum absolute atomic E-state index is 0.0197. The van der Waals surface area contributed by atoms with Crippen molar-refractivity contribution in [1.29, 1.82) is 0 Å². The van der Waals surface area contributed by atoms with Crippen molar-refractivity contribution in [2.24, 2.45) is 0 Å². The van der Waals surface area contributed by atoms with Crippen LogP contribution in [0.25, 0.3) is 5.69 Å². The molecule has 0 bridgehead atoms. The SMILES string of the molecule is CCN(C(C)=O)c1cnn(-c2cccc(Br)c2)c1. The number of rotatable bonds is 3. The summed E-state index contributed by atoms with van der Waals surface area (Å²) in [5, 5.41) is 4.28. The second kappa shape index (κ2) is 5.35. The zero-order valence-electron chi connectivity index (χ0n) is 10.3. The van der Waals surface area contributed by atoms with Gasteiger partial charge in [-0.15, -0.1) is 0 Å². The van der Waals surface area contributed by atoms with Crippen LogP contribution in [-0.2, 0) is 4.79 Å². The molecule has 94 valence electrons. The van der Waals surface area contributed by atoms with Crippen LogP contribution in [0.3, 0.4) is 0 Å². The lowest BCUT2D eigenvalue weighted by Gasteiger charge is -2.15. The number of amides is 1. The Kier molecular flexibility index (Phi) is 3.81. The van der Waals surface area contributed by atoms with Gasteiger partial charge in [-0.25, -0.2) is 4.68 Å². The van der Waals surface area contributed by atoms with E-state index in [1.165, 1.54) is 0 Å². The summed E-state index contributed by atoms with van der Waals surface area (Å²) in [5.74, 6) is 0.0197. The van der Waals surface area contributed by atoms with Crippen LogP contribution >= 0.6 is 15.9 Å². The van der Waals surface area contributed by atoms with E-state index in [4.69, 9.17) is 0 Å². The van der Waals surface area contributed by atoms with Gasteiger partial charge in [-0.1, -0.05) is 22.0 Å².